The summed E-state index contributed by atoms with van der Waals surface area (Å²) in [6.45, 7) is 6.24. The van der Waals surface area contributed by atoms with Gasteiger partial charge in [0, 0.05) is 24.2 Å². The molecule has 0 aliphatic heterocycles. The van der Waals surface area contributed by atoms with Gasteiger partial charge in [-0.25, -0.2) is 9.37 Å². The summed E-state index contributed by atoms with van der Waals surface area (Å²) in [6.07, 6.45) is -0.0617. The zero-order valence-corrected chi connectivity index (χ0v) is 20.4. The van der Waals surface area contributed by atoms with Gasteiger partial charge in [-0.3, -0.25) is 4.79 Å². The Kier molecular flexibility index (Phi) is 10.1. The van der Waals surface area contributed by atoms with E-state index in [2.05, 4.69) is 10.3 Å². The third-order valence-electron chi connectivity index (χ3n) is 5.01. The van der Waals surface area contributed by atoms with Crippen molar-refractivity contribution in [2.24, 2.45) is 5.92 Å². The lowest BCUT2D eigenvalue weighted by Gasteiger charge is -2.10. The largest absolute Gasteiger partial charge is 0.457 e. The molecule has 0 bridgehead atoms. The number of rotatable bonds is 4. The summed E-state index contributed by atoms with van der Waals surface area (Å²) in [5.74, 6) is 1.13. The number of aryl methyl sites for hydroxylation is 3. The number of hydrogen-bond acceptors (Lipinski definition) is 4. The molecule has 192 valence electrons. The fourth-order valence-corrected chi connectivity index (χ4v) is 2.93. The summed E-state index contributed by atoms with van der Waals surface area (Å²) in [4.78, 5) is 24.6. The average molecular weight is 505 g/mol. The Balaban J connectivity index is 0.000000258. The highest BCUT2D eigenvalue weighted by atomic mass is 19.4. The second-order valence-electron chi connectivity index (χ2n) is 8.21. The third kappa shape index (κ3) is 9.13. The Labute approximate surface area is 207 Å². The van der Waals surface area contributed by atoms with Crippen molar-refractivity contribution in [3.05, 3.63) is 82.8 Å². The van der Waals surface area contributed by atoms with Gasteiger partial charge in [0.2, 0.25) is 5.91 Å². The minimum Gasteiger partial charge on any atom is -0.457 e. The molecule has 2 aromatic carbocycles. The van der Waals surface area contributed by atoms with Gasteiger partial charge in [-0.2, -0.15) is 13.2 Å². The molecule has 1 aliphatic rings. The lowest BCUT2D eigenvalue weighted by Crippen LogP contribution is -2.14. The summed E-state index contributed by atoms with van der Waals surface area (Å²) >= 11 is 0. The zero-order valence-electron chi connectivity index (χ0n) is 20.4. The van der Waals surface area contributed by atoms with E-state index in [0.29, 0.717) is 28.4 Å². The SMILES string of the molecule is CC=O.Cc1ccc(C)c(C(F)(F)F)c1.Cc1ccc(Oc2ccnc(NC(=O)C3CC3)c2)cc1F. The lowest BCUT2D eigenvalue weighted by molar-refractivity contribution is -0.138. The van der Waals surface area contributed by atoms with E-state index in [-0.39, 0.29) is 23.2 Å². The van der Waals surface area contributed by atoms with Crippen molar-refractivity contribution in [1.82, 2.24) is 4.98 Å². The van der Waals surface area contributed by atoms with Gasteiger partial charge < -0.3 is 14.8 Å². The molecule has 1 N–H and O–H groups in total. The van der Waals surface area contributed by atoms with Crippen LogP contribution < -0.4 is 10.1 Å². The molecule has 1 saturated carbocycles. The Morgan fingerprint density at radius 2 is 1.61 bits per heavy atom. The fourth-order valence-electron chi connectivity index (χ4n) is 2.93. The van der Waals surface area contributed by atoms with E-state index in [0.717, 1.165) is 25.2 Å². The van der Waals surface area contributed by atoms with Gasteiger partial charge in [0.1, 0.15) is 29.4 Å². The summed E-state index contributed by atoms with van der Waals surface area (Å²) in [5, 5.41) is 2.75. The Morgan fingerprint density at radius 3 is 2.17 bits per heavy atom. The molecule has 1 amide bonds. The summed E-state index contributed by atoms with van der Waals surface area (Å²) in [6, 6.07) is 12.3. The molecule has 1 heterocycles. The van der Waals surface area contributed by atoms with Crippen molar-refractivity contribution in [1.29, 1.82) is 0 Å². The molecule has 9 heteroatoms. The normalized spacial score (nSPS) is 12.3. The molecule has 1 fully saturated rings. The molecule has 0 radical (unpaired) electrons. The zero-order chi connectivity index (χ0) is 26.9. The average Bonchev–Trinajstić information content (AvgIpc) is 3.64. The molecule has 0 saturated heterocycles. The number of ether oxygens (including phenoxy) is 1. The molecular formula is C27H28F4N2O3. The van der Waals surface area contributed by atoms with Gasteiger partial charge in [-0.15, -0.1) is 0 Å². The number of nitrogens with one attached hydrogen (secondary N) is 1. The Hall–Kier alpha value is -3.75. The first-order chi connectivity index (χ1) is 16.9. The highest BCUT2D eigenvalue weighted by molar-refractivity contribution is 5.93. The van der Waals surface area contributed by atoms with Crippen LogP contribution in [0.3, 0.4) is 0 Å². The van der Waals surface area contributed by atoms with Crippen LogP contribution in [0.4, 0.5) is 23.4 Å². The van der Waals surface area contributed by atoms with Crippen molar-refractivity contribution < 1.29 is 31.9 Å². The Morgan fingerprint density at radius 1 is 1.00 bits per heavy atom. The van der Waals surface area contributed by atoms with Crippen molar-refractivity contribution in [2.75, 3.05) is 5.32 Å². The number of carbonyl (C=O) groups excluding carboxylic acids is 2. The number of alkyl halides is 3. The van der Waals surface area contributed by atoms with Crippen LogP contribution in [-0.2, 0) is 15.8 Å². The lowest BCUT2D eigenvalue weighted by atomic mass is 10.1. The van der Waals surface area contributed by atoms with Crippen LogP contribution in [0.1, 0.15) is 42.0 Å². The van der Waals surface area contributed by atoms with E-state index < -0.39 is 11.7 Å². The van der Waals surface area contributed by atoms with E-state index in [1.165, 1.54) is 26.0 Å². The molecule has 4 rings (SSSR count). The van der Waals surface area contributed by atoms with Crippen molar-refractivity contribution in [2.45, 2.75) is 46.7 Å². The predicted molar refractivity (Wildman–Crippen MR) is 129 cm³/mol. The second-order valence-corrected chi connectivity index (χ2v) is 8.21. The number of aldehydes is 1. The van der Waals surface area contributed by atoms with Gasteiger partial charge in [-0.05, 0) is 69.9 Å². The highest BCUT2D eigenvalue weighted by Gasteiger charge is 2.32. The Bertz CT molecular complexity index is 1190. The van der Waals surface area contributed by atoms with Crippen LogP contribution in [-0.4, -0.2) is 17.2 Å². The number of aromatic nitrogens is 1. The molecule has 1 aliphatic carbocycles. The molecule has 0 unspecified atom stereocenters. The van der Waals surface area contributed by atoms with Crippen LogP contribution in [0.15, 0.2) is 54.7 Å². The fraction of sp³-hybridized carbons (Fsp3) is 0.296. The van der Waals surface area contributed by atoms with Crippen molar-refractivity contribution in [3.63, 3.8) is 0 Å². The van der Waals surface area contributed by atoms with Crippen LogP contribution in [0.25, 0.3) is 0 Å². The molecular weight excluding hydrogens is 476 g/mol. The predicted octanol–water partition coefficient (Wildman–Crippen LogP) is 7.20. The topological polar surface area (TPSA) is 68.3 Å². The number of benzene rings is 2. The van der Waals surface area contributed by atoms with Gasteiger partial charge in [-0.1, -0.05) is 23.8 Å². The van der Waals surface area contributed by atoms with Crippen molar-refractivity contribution in [3.8, 4) is 11.5 Å². The smallest absolute Gasteiger partial charge is 0.416 e. The first-order valence-electron chi connectivity index (χ1n) is 11.2. The van der Waals surface area contributed by atoms with Crippen LogP contribution in [0, 0.1) is 32.5 Å². The minimum absolute atomic E-state index is 0.0129. The van der Waals surface area contributed by atoms with Crippen LogP contribution in [0.2, 0.25) is 0 Å². The molecule has 36 heavy (non-hydrogen) atoms. The third-order valence-corrected chi connectivity index (χ3v) is 5.01. The van der Waals surface area contributed by atoms with E-state index in [9.17, 15) is 22.4 Å². The number of hydrogen-bond donors (Lipinski definition) is 1. The first kappa shape index (κ1) is 28.5. The molecule has 0 spiro atoms. The first-order valence-corrected chi connectivity index (χ1v) is 11.2. The maximum Gasteiger partial charge on any atom is 0.416 e. The summed E-state index contributed by atoms with van der Waals surface area (Å²) in [5.41, 5.74) is 0.929. The maximum atomic E-state index is 13.5. The monoisotopic (exact) mass is 504 g/mol. The second kappa shape index (κ2) is 12.8. The van der Waals surface area contributed by atoms with Crippen molar-refractivity contribution >= 4 is 18.0 Å². The van der Waals surface area contributed by atoms with Gasteiger partial charge >= 0.3 is 6.18 Å². The molecule has 1 aromatic heterocycles. The van der Waals surface area contributed by atoms with E-state index in [1.807, 2.05) is 0 Å². The summed E-state index contributed by atoms with van der Waals surface area (Å²) < 4.78 is 55.7. The molecule has 0 atom stereocenters. The van der Waals surface area contributed by atoms with E-state index in [4.69, 9.17) is 9.53 Å². The number of pyridine rings is 1. The van der Waals surface area contributed by atoms with E-state index >= 15 is 0 Å². The maximum absolute atomic E-state index is 13.5. The minimum atomic E-state index is -4.23. The number of anilines is 1. The number of amides is 1. The van der Waals surface area contributed by atoms with Crippen LogP contribution in [0.5, 0.6) is 11.5 Å². The van der Waals surface area contributed by atoms with E-state index in [1.54, 1.807) is 50.4 Å². The molecule has 3 aromatic rings. The van der Waals surface area contributed by atoms with Gasteiger partial charge in [0.05, 0.1) is 5.56 Å². The van der Waals surface area contributed by atoms with Gasteiger partial charge in [0.15, 0.2) is 0 Å². The number of nitrogens with zero attached hydrogens (tertiary/aromatic N) is 1. The number of carbonyl (C=O) groups is 2. The standard InChI is InChI=1S/C16H15FN2O2.C9H9F3.C2H4O/c1-10-2-5-12(8-14(10)17)21-13-6-7-18-15(9-13)19-16(20)11-3-4-11;1-6-3-4-7(2)8(5-6)9(10,11)12;1-2-3/h2,5-9,11H,3-4H2,1H3,(H,18,19,20);3-5H,1-2H3;2H,1H3. The number of halogens is 4. The molecule has 5 nitrogen and oxygen atoms in total. The highest BCUT2D eigenvalue weighted by Crippen LogP contribution is 2.32. The van der Waals surface area contributed by atoms with Gasteiger partial charge in [0.25, 0.3) is 0 Å². The quantitative estimate of drug-likeness (QED) is 0.301. The van der Waals surface area contributed by atoms with Crippen LogP contribution >= 0.6 is 0 Å². The summed E-state index contributed by atoms with van der Waals surface area (Å²) in [7, 11) is 0.